The number of hydrogen-bond donors (Lipinski definition) is 3. The predicted molar refractivity (Wildman–Crippen MR) is 85.8 cm³/mol. The Balaban J connectivity index is 2.11. The zero-order valence-electron chi connectivity index (χ0n) is 11.0. The van der Waals surface area contributed by atoms with Crippen LogP contribution in [0.25, 0.3) is 0 Å². The topological polar surface area (TPSA) is 78.4 Å². The minimum atomic E-state index is -1.19. The van der Waals surface area contributed by atoms with Crippen LogP contribution in [-0.2, 0) is 4.79 Å². The lowest BCUT2D eigenvalue weighted by Gasteiger charge is -2.22. The Hall–Kier alpha value is -0.950. The molecule has 0 aliphatic carbocycles. The maximum atomic E-state index is 12.0. The highest BCUT2D eigenvalue weighted by atomic mass is 35.5. The Morgan fingerprint density at radius 3 is 2.81 bits per heavy atom. The van der Waals surface area contributed by atoms with Gasteiger partial charge in [0.15, 0.2) is 0 Å². The van der Waals surface area contributed by atoms with Crippen LogP contribution in [0.3, 0.4) is 0 Å². The molecule has 0 aromatic heterocycles. The number of carboxylic acid groups (broad SMARTS) is 1. The molecule has 114 valence electrons. The fraction of sp³-hybridized carbons (Fsp3) is 0.385. The summed E-state index contributed by atoms with van der Waals surface area (Å²) >= 11 is 13.6. The molecule has 0 bridgehead atoms. The molecule has 1 heterocycles. The second-order valence-corrected chi connectivity index (χ2v) is 6.59. The Morgan fingerprint density at radius 1 is 1.43 bits per heavy atom. The smallest absolute Gasteiger partial charge is 0.337 e. The third-order valence-corrected chi connectivity index (χ3v) is 4.63. The van der Waals surface area contributed by atoms with Crippen LogP contribution in [0.2, 0.25) is 10.0 Å². The van der Waals surface area contributed by atoms with E-state index in [4.69, 9.17) is 28.3 Å². The zero-order valence-corrected chi connectivity index (χ0v) is 13.3. The summed E-state index contributed by atoms with van der Waals surface area (Å²) in [7, 11) is 0. The van der Waals surface area contributed by atoms with Gasteiger partial charge in [-0.15, -0.1) is 0 Å². The van der Waals surface area contributed by atoms with Gasteiger partial charge in [0.2, 0.25) is 5.91 Å². The van der Waals surface area contributed by atoms with Crippen molar-refractivity contribution in [1.29, 1.82) is 0 Å². The van der Waals surface area contributed by atoms with Crippen LogP contribution in [-0.4, -0.2) is 41.1 Å². The largest absolute Gasteiger partial charge is 0.478 e. The third-order valence-electron chi connectivity index (χ3n) is 2.98. The molecular formula is C13H14Cl2N2O3S. The number of carbonyl (C=O) groups excluding carboxylic acids is 1. The molecule has 1 aromatic rings. The zero-order chi connectivity index (χ0) is 15.4. The first kappa shape index (κ1) is 16.4. The summed E-state index contributed by atoms with van der Waals surface area (Å²) in [6, 6.07) is 2.75. The number of benzene rings is 1. The van der Waals surface area contributed by atoms with E-state index in [1.165, 1.54) is 12.1 Å². The van der Waals surface area contributed by atoms with Gasteiger partial charge in [-0.25, -0.2) is 4.79 Å². The molecule has 1 aliphatic rings. The molecule has 1 aromatic carbocycles. The molecule has 1 saturated heterocycles. The van der Waals surface area contributed by atoms with Crippen LogP contribution in [0.5, 0.6) is 0 Å². The number of anilines is 1. The van der Waals surface area contributed by atoms with Crippen molar-refractivity contribution in [2.24, 2.45) is 0 Å². The van der Waals surface area contributed by atoms with Crippen LogP contribution in [0.15, 0.2) is 12.1 Å². The lowest BCUT2D eigenvalue weighted by Crippen LogP contribution is -2.40. The highest BCUT2D eigenvalue weighted by Gasteiger charge is 2.20. The monoisotopic (exact) mass is 348 g/mol. The summed E-state index contributed by atoms with van der Waals surface area (Å²) in [6.07, 6.45) is 0.269. The van der Waals surface area contributed by atoms with Crippen molar-refractivity contribution in [1.82, 2.24) is 5.32 Å². The number of hydrogen-bond acceptors (Lipinski definition) is 4. The van der Waals surface area contributed by atoms with E-state index in [2.05, 4.69) is 10.6 Å². The Morgan fingerprint density at radius 2 is 2.19 bits per heavy atom. The molecule has 1 aliphatic heterocycles. The Bertz CT molecular complexity index is 563. The van der Waals surface area contributed by atoms with E-state index < -0.39 is 5.97 Å². The van der Waals surface area contributed by atoms with Crippen molar-refractivity contribution in [3.05, 3.63) is 27.7 Å². The van der Waals surface area contributed by atoms with Crippen LogP contribution >= 0.6 is 35.0 Å². The Labute approximate surface area is 136 Å². The molecule has 1 unspecified atom stereocenters. The van der Waals surface area contributed by atoms with Crippen LogP contribution in [0, 0.1) is 0 Å². The summed E-state index contributed by atoms with van der Waals surface area (Å²) in [5, 5.41) is 15.3. The Kier molecular flexibility index (Phi) is 5.75. The second kappa shape index (κ2) is 7.35. The first-order chi connectivity index (χ1) is 9.97. The highest BCUT2D eigenvalue weighted by Crippen LogP contribution is 2.30. The number of amides is 1. The van der Waals surface area contributed by atoms with Gasteiger partial charge in [-0.3, -0.25) is 4.79 Å². The van der Waals surface area contributed by atoms with Gasteiger partial charge in [0.25, 0.3) is 0 Å². The molecule has 0 saturated carbocycles. The van der Waals surface area contributed by atoms with Crippen molar-refractivity contribution in [2.45, 2.75) is 12.5 Å². The number of carbonyl (C=O) groups is 2. The van der Waals surface area contributed by atoms with Crippen molar-refractivity contribution >= 4 is 52.5 Å². The summed E-state index contributed by atoms with van der Waals surface area (Å²) < 4.78 is 0. The molecule has 21 heavy (non-hydrogen) atoms. The minimum absolute atomic E-state index is 0.0852. The number of carboxylic acids is 1. The van der Waals surface area contributed by atoms with E-state index in [1.54, 1.807) is 11.8 Å². The van der Waals surface area contributed by atoms with E-state index in [0.717, 1.165) is 18.1 Å². The summed E-state index contributed by atoms with van der Waals surface area (Å²) in [5.74, 6) is 0.417. The molecule has 3 N–H and O–H groups in total. The molecule has 1 fully saturated rings. The number of aromatic carboxylic acids is 1. The molecule has 1 atom stereocenters. The summed E-state index contributed by atoms with van der Waals surface area (Å²) in [6.45, 7) is 0.866. The maximum Gasteiger partial charge on any atom is 0.337 e. The van der Waals surface area contributed by atoms with Crippen LogP contribution in [0.1, 0.15) is 16.8 Å². The van der Waals surface area contributed by atoms with E-state index >= 15 is 0 Å². The fourth-order valence-electron chi connectivity index (χ4n) is 2.03. The molecule has 0 radical (unpaired) electrons. The van der Waals surface area contributed by atoms with Gasteiger partial charge < -0.3 is 15.7 Å². The standard InChI is InChI=1S/C13H14Cl2N2O3S/c14-7-3-9(13(19)20)12(10(15)4-7)17-11(18)5-8-6-21-2-1-16-8/h3-4,8,16H,1-2,5-6H2,(H,17,18)(H,19,20). The average Bonchev–Trinajstić information content (AvgIpc) is 2.42. The highest BCUT2D eigenvalue weighted by molar-refractivity contribution is 7.99. The SMILES string of the molecule is O=C(CC1CSCCN1)Nc1c(Cl)cc(Cl)cc1C(=O)O. The number of rotatable bonds is 4. The lowest BCUT2D eigenvalue weighted by molar-refractivity contribution is -0.116. The number of thioether (sulfide) groups is 1. The molecule has 8 heteroatoms. The number of nitrogens with one attached hydrogen (secondary N) is 2. The van der Waals surface area contributed by atoms with Gasteiger partial charge in [0.1, 0.15) is 0 Å². The van der Waals surface area contributed by atoms with Gasteiger partial charge in [-0.2, -0.15) is 11.8 Å². The van der Waals surface area contributed by atoms with Gasteiger partial charge in [-0.1, -0.05) is 23.2 Å². The molecule has 2 rings (SSSR count). The van der Waals surface area contributed by atoms with Crippen molar-refractivity contribution in [3.63, 3.8) is 0 Å². The van der Waals surface area contributed by atoms with Gasteiger partial charge >= 0.3 is 5.97 Å². The van der Waals surface area contributed by atoms with Gasteiger partial charge in [0.05, 0.1) is 16.3 Å². The second-order valence-electron chi connectivity index (χ2n) is 4.59. The van der Waals surface area contributed by atoms with Crippen LogP contribution < -0.4 is 10.6 Å². The first-order valence-electron chi connectivity index (χ1n) is 6.30. The van der Waals surface area contributed by atoms with E-state index in [9.17, 15) is 9.59 Å². The summed E-state index contributed by atoms with van der Waals surface area (Å²) in [5.41, 5.74) is -0.0335. The van der Waals surface area contributed by atoms with Crippen molar-refractivity contribution in [2.75, 3.05) is 23.4 Å². The van der Waals surface area contributed by atoms with Crippen LogP contribution in [0.4, 0.5) is 5.69 Å². The molecule has 1 amide bonds. The molecule has 0 spiro atoms. The lowest BCUT2D eigenvalue weighted by atomic mass is 10.1. The average molecular weight is 349 g/mol. The third kappa shape index (κ3) is 4.51. The van der Waals surface area contributed by atoms with E-state index in [-0.39, 0.29) is 39.7 Å². The first-order valence-corrected chi connectivity index (χ1v) is 8.21. The maximum absolute atomic E-state index is 12.0. The predicted octanol–water partition coefficient (Wildman–Crippen LogP) is 2.73. The molecule has 5 nitrogen and oxygen atoms in total. The van der Waals surface area contributed by atoms with Crippen molar-refractivity contribution < 1.29 is 14.7 Å². The molecular weight excluding hydrogens is 335 g/mol. The quantitative estimate of drug-likeness (QED) is 0.779. The summed E-state index contributed by atoms with van der Waals surface area (Å²) in [4.78, 5) is 23.3. The van der Waals surface area contributed by atoms with E-state index in [1.807, 2.05) is 0 Å². The normalized spacial score (nSPS) is 18.3. The van der Waals surface area contributed by atoms with E-state index in [0.29, 0.717) is 0 Å². The minimum Gasteiger partial charge on any atom is -0.478 e. The van der Waals surface area contributed by atoms with Gasteiger partial charge in [-0.05, 0) is 12.1 Å². The van der Waals surface area contributed by atoms with Gasteiger partial charge in [0, 0.05) is 35.5 Å². The number of halogens is 2. The fourth-order valence-corrected chi connectivity index (χ4v) is 3.52. The van der Waals surface area contributed by atoms with Crippen molar-refractivity contribution in [3.8, 4) is 0 Å².